The molecular formula is C83H144O17P2. The monoisotopic (exact) mass is 1470 g/mol. The summed E-state index contributed by atoms with van der Waals surface area (Å²) in [5.41, 5.74) is 0. The van der Waals surface area contributed by atoms with Crippen molar-refractivity contribution < 1.29 is 80.2 Å². The summed E-state index contributed by atoms with van der Waals surface area (Å²) in [6.45, 7) is 4.64. The number of hydrogen-bond donors (Lipinski definition) is 3. The van der Waals surface area contributed by atoms with Crippen LogP contribution in [-0.4, -0.2) is 96.7 Å². The number of carbonyl (C=O) groups excluding carboxylic acids is 4. The Labute approximate surface area is 619 Å². The molecule has 0 aliphatic heterocycles. The van der Waals surface area contributed by atoms with Crippen LogP contribution >= 0.6 is 15.6 Å². The molecule has 0 radical (unpaired) electrons. The van der Waals surface area contributed by atoms with Crippen LogP contribution in [0, 0.1) is 0 Å². The first-order chi connectivity index (χ1) is 49.7. The predicted molar refractivity (Wildman–Crippen MR) is 418 cm³/mol. The standard InChI is InChI=1S/C83H144O17P2/c1-5-9-13-17-21-25-29-33-36-37-38-39-42-45-48-52-56-60-64-68-81(86)94-74-79(100-83(88)70-66-62-58-54-50-46-41-35-31-27-23-19-15-11-7-3)76-98-102(91,92)96-72-77(84)71-95-101(89,90)97-75-78(99-82(87)69-65-61-57-53-49-43-32-28-24-20-16-12-8-4)73-93-80(85)67-63-59-55-51-47-44-40-34-30-26-22-18-14-10-6-2/h9,13,16,20-21,25,28,32-36,38-41,45,48,77-79,84H,5-8,10-12,14-15,17-19,22-24,26-27,29-31,37,42-44,46-47,49-76H2,1-4H3,(H,89,90)(H,91,92)/b13-9-,20-16-,25-21-,32-28-,36-33-,39-38-,40-34-,41-35-,48-45-. The van der Waals surface area contributed by atoms with Crippen LogP contribution in [0.2, 0.25) is 0 Å². The Morgan fingerprint density at radius 3 is 0.843 bits per heavy atom. The van der Waals surface area contributed by atoms with E-state index in [0.717, 1.165) is 180 Å². The SMILES string of the molecule is CC/C=C\C/C=C\C/C=C\C/C=C\C/C=C\CCCCCC(=O)OCC(COP(=O)(O)OCC(O)COP(=O)(O)OCC(COC(=O)CCCCCCC/C=C\CCCCCCCC)OC(=O)CCCCCCC/C=C\C/C=C\CCC)OC(=O)CCCCCCC/C=C\CCCCCCCC. The summed E-state index contributed by atoms with van der Waals surface area (Å²) in [5.74, 6) is -2.23. The molecule has 0 heterocycles. The summed E-state index contributed by atoms with van der Waals surface area (Å²) in [7, 11) is -9.97. The molecule has 5 unspecified atom stereocenters. The third-order valence-corrected chi connectivity index (χ3v) is 18.6. The number of esters is 4. The van der Waals surface area contributed by atoms with E-state index in [9.17, 15) is 43.2 Å². The summed E-state index contributed by atoms with van der Waals surface area (Å²) in [5, 5.41) is 10.6. The molecule has 102 heavy (non-hydrogen) atoms. The van der Waals surface area contributed by atoms with Crippen molar-refractivity contribution in [3.63, 3.8) is 0 Å². The zero-order valence-corrected chi connectivity index (χ0v) is 66.0. The summed E-state index contributed by atoms with van der Waals surface area (Å²) in [6.07, 6.45) is 80.7. The van der Waals surface area contributed by atoms with E-state index in [1.807, 2.05) is 0 Å². The van der Waals surface area contributed by atoms with Crippen molar-refractivity contribution in [1.82, 2.24) is 0 Å². The largest absolute Gasteiger partial charge is 0.472 e. The highest BCUT2D eigenvalue weighted by Gasteiger charge is 2.30. The first kappa shape index (κ1) is 97.7. The molecule has 0 aromatic rings. The molecule has 0 aliphatic carbocycles. The third kappa shape index (κ3) is 74.0. The van der Waals surface area contributed by atoms with Gasteiger partial charge < -0.3 is 33.8 Å². The number of ether oxygens (including phenoxy) is 4. The van der Waals surface area contributed by atoms with Gasteiger partial charge in [0.15, 0.2) is 12.2 Å². The van der Waals surface area contributed by atoms with Gasteiger partial charge in [-0.25, -0.2) is 9.13 Å². The van der Waals surface area contributed by atoms with Gasteiger partial charge in [-0.15, -0.1) is 0 Å². The topological polar surface area (TPSA) is 237 Å². The molecule has 0 aromatic heterocycles. The summed E-state index contributed by atoms with van der Waals surface area (Å²) >= 11 is 0. The molecule has 0 saturated heterocycles. The van der Waals surface area contributed by atoms with Gasteiger partial charge in [-0.2, -0.15) is 0 Å². The van der Waals surface area contributed by atoms with Gasteiger partial charge in [-0.05, 0) is 148 Å². The number of unbranched alkanes of at least 4 members (excludes halogenated alkanes) is 31. The Bertz CT molecular complexity index is 2360. The van der Waals surface area contributed by atoms with E-state index in [1.165, 1.54) is 77.0 Å². The molecule has 0 spiro atoms. The average molecular weight is 1480 g/mol. The molecule has 19 heteroatoms. The number of aliphatic hydroxyl groups excluding tert-OH is 1. The molecule has 0 saturated carbocycles. The molecule has 3 N–H and O–H groups in total. The van der Waals surface area contributed by atoms with Crippen molar-refractivity contribution in [3.05, 3.63) is 109 Å². The van der Waals surface area contributed by atoms with Crippen LogP contribution in [0.5, 0.6) is 0 Å². The highest BCUT2D eigenvalue weighted by Crippen LogP contribution is 2.45. The molecule has 0 amide bonds. The number of carbonyl (C=O) groups is 4. The van der Waals surface area contributed by atoms with Crippen LogP contribution in [0.15, 0.2) is 109 Å². The summed E-state index contributed by atoms with van der Waals surface area (Å²) in [6, 6.07) is 0. The van der Waals surface area contributed by atoms with Gasteiger partial charge in [0.25, 0.3) is 0 Å². The number of phosphoric acid groups is 2. The second-order valence-corrected chi connectivity index (χ2v) is 29.5. The molecule has 17 nitrogen and oxygen atoms in total. The zero-order valence-electron chi connectivity index (χ0n) is 64.3. The van der Waals surface area contributed by atoms with Gasteiger partial charge in [0.2, 0.25) is 0 Å². The Balaban J connectivity index is 5.39. The fourth-order valence-corrected chi connectivity index (χ4v) is 12.1. The Morgan fingerprint density at radius 2 is 0.529 bits per heavy atom. The van der Waals surface area contributed by atoms with Crippen molar-refractivity contribution in [1.29, 1.82) is 0 Å². The number of allylic oxidation sites excluding steroid dienone is 18. The Hall–Kier alpha value is -4.28. The number of rotatable bonds is 75. The van der Waals surface area contributed by atoms with Gasteiger partial charge >= 0.3 is 39.5 Å². The van der Waals surface area contributed by atoms with Crippen LogP contribution in [0.1, 0.15) is 336 Å². The fraction of sp³-hybridized carbons (Fsp3) is 0.735. The molecule has 0 rings (SSSR count). The van der Waals surface area contributed by atoms with Crippen molar-refractivity contribution in [2.24, 2.45) is 0 Å². The normalized spacial score (nSPS) is 14.5. The lowest BCUT2D eigenvalue weighted by Crippen LogP contribution is -2.30. The van der Waals surface area contributed by atoms with Crippen molar-refractivity contribution in [2.45, 2.75) is 354 Å². The first-order valence-electron chi connectivity index (χ1n) is 40.1. The predicted octanol–water partition coefficient (Wildman–Crippen LogP) is 23.3. The summed E-state index contributed by atoms with van der Waals surface area (Å²) in [4.78, 5) is 73.0. The Kier molecular flexibility index (Phi) is 71.8. The highest BCUT2D eigenvalue weighted by molar-refractivity contribution is 7.47. The lowest BCUT2D eigenvalue weighted by atomic mass is 10.1. The van der Waals surface area contributed by atoms with E-state index >= 15 is 0 Å². The zero-order chi connectivity index (χ0) is 74.6. The third-order valence-electron chi connectivity index (χ3n) is 16.7. The van der Waals surface area contributed by atoms with Gasteiger partial charge in [0, 0.05) is 25.7 Å². The lowest BCUT2D eigenvalue weighted by Gasteiger charge is -2.21. The highest BCUT2D eigenvalue weighted by atomic mass is 31.2. The van der Waals surface area contributed by atoms with Crippen molar-refractivity contribution >= 4 is 39.5 Å². The first-order valence-corrected chi connectivity index (χ1v) is 43.1. The van der Waals surface area contributed by atoms with E-state index < -0.39 is 97.5 Å². The molecule has 0 aromatic carbocycles. The second kappa shape index (κ2) is 75.0. The van der Waals surface area contributed by atoms with E-state index in [2.05, 4.69) is 137 Å². The number of aliphatic hydroxyl groups is 1. The van der Waals surface area contributed by atoms with Gasteiger partial charge in [0.1, 0.15) is 19.3 Å². The minimum absolute atomic E-state index is 0.0763. The van der Waals surface area contributed by atoms with Gasteiger partial charge in [-0.1, -0.05) is 272 Å². The van der Waals surface area contributed by atoms with E-state index in [1.54, 1.807) is 0 Å². The second-order valence-electron chi connectivity index (χ2n) is 26.6. The molecule has 5 atom stereocenters. The number of hydrogen-bond acceptors (Lipinski definition) is 15. The maximum atomic E-state index is 13.1. The summed E-state index contributed by atoms with van der Waals surface area (Å²) < 4.78 is 68.6. The van der Waals surface area contributed by atoms with E-state index in [0.29, 0.717) is 25.7 Å². The maximum Gasteiger partial charge on any atom is 0.472 e. The Morgan fingerprint density at radius 1 is 0.284 bits per heavy atom. The van der Waals surface area contributed by atoms with Gasteiger partial charge in [-0.3, -0.25) is 37.3 Å². The minimum atomic E-state index is -4.99. The molecule has 588 valence electrons. The van der Waals surface area contributed by atoms with Crippen LogP contribution in [0.25, 0.3) is 0 Å². The van der Waals surface area contributed by atoms with Crippen LogP contribution in [-0.2, 0) is 65.4 Å². The fourth-order valence-electron chi connectivity index (χ4n) is 10.6. The molecule has 0 bridgehead atoms. The van der Waals surface area contributed by atoms with Crippen molar-refractivity contribution in [3.8, 4) is 0 Å². The van der Waals surface area contributed by atoms with Crippen LogP contribution in [0.4, 0.5) is 0 Å². The quantitative estimate of drug-likeness (QED) is 0.0169. The average Bonchev–Trinajstić information content (AvgIpc) is 0.924. The van der Waals surface area contributed by atoms with Crippen LogP contribution in [0.3, 0.4) is 0 Å². The number of phosphoric ester groups is 2. The van der Waals surface area contributed by atoms with E-state index in [4.69, 9.17) is 37.0 Å². The van der Waals surface area contributed by atoms with Gasteiger partial charge in [0.05, 0.1) is 26.4 Å². The minimum Gasteiger partial charge on any atom is -0.462 e. The maximum absolute atomic E-state index is 13.1. The van der Waals surface area contributed by atoms with E-state index in [-0.39, 0.29) is 25.7 Å². The lowest BCUT2D eigenvalue weighted by molar-refractivity contribution is -0.161. The van der Waals surface area contributed by atoms with Crippen molar-refractivity contribution in [2.75, 3.05) is 39.6 Å². The van der Waals surface area contributed by atoms with Crippen LogP contribution < -0.4 is 0 Å². The molecule has 0 aliphatic rings. The smallest absolute Gasteiger partial charge is 0.462 e. The molecule has 0 fully saturated rings. The molecular weight excluding hydrogens is 1330 g/mol.